The number of carbonyl (C=O) groups excluding carboxylic acids is 2. The molecular weight excluding hydrogens is 304 g/mol. The fourth-order valence-electron chi connectivity index (χ4n) is 3.48. The van der Waals surface area contributed by atoms with Crippen molar-refractivity contribution < 1.29 is 18.0 Å². The lowest BCUT2D eigenvalue weighted by molar-refractivity contribution is -0.136. The highest BCUT2D eigenvalue weighted by atomic mass is 32.2. The predicted octanol–water partition coefficient (Wildman–Crippen LogP) is 0.613. The van der Waals surface area contributed by atoms with Crippen LogP contribution >= 0.6 is 0 Å². The predicted molar refractivity (Wildman–Crippen MR) is 81.9 cm³/mol. The Morgan fingerprint density at radius 2 is 1.68 bits per heavy atom. The molecule has 1 unspecified atom stereocenters. The molecule has 0 spiro atoms. The Labute approximate surface area is 131 Å². The van der Waals surface area contributed by atoms with Crippen LogP contribution in [0.4, 0.5) is 0 Å². The number of amides is 2. The summed E-state index contributed by atoms with van der Waals surface area (Å²) < 4.78 is 24.6. The molecule has 1 aliphatic heterocycles. The quantitative estimate of drug-likeness (QED) is 0.801. The zero-order valence-corrected chi connectivity index (χ0v) is 13.6. The molecule has 1 heterocycles. The van der Waals surface area contributed by atoms with E-state index < -0.39 is 27.5 Å². The van der Waals surface area contributed by atoms with Crippen molar-refractivity contribution in [1.29, 1.82) is 0 Å². The number of nitrogens with zero attached hydrogens (tertiary/aromatic N) is 1. The van der Waals surface area contributed by atoms with E-state index in [1.54, 1.807) is 0 Å². The minimum Gasteiger partial charge on any atom is -0.352 e. The van der Waals surface area contributed by atoms with Gasteiger partial charge in [0.2, 0.25) is 11.8 Å². The molecule has 1 saturated heterocycles. The molecule has 124 valence electrons. The lowest BCUT2D eigenvalue weighted by Gasteiger charge is -2.24. The lowest BCUT2D eigenvalue weighted by atomic mass is 10.2. The van der Waals surface area contributed by atoms with Crippen LogP contribution in [0, 0.1) is 0 Å². The average Bonchev–Trinajstić information content (AvgIpc) is 3.00. The Kier molecular flexibility index (Phi) is 4.43. The number of rotatable bonds is 5. The van der Waals surface area contributed by atoms with Gasteiger partial charge in [-0.2, -0.15) is 0 Å². The summed E-state index contributed by atoms with van der Waals surface area (Å²) in [6.45, 7) is 0.488. The molecule has 0 aromatic heterocycles. The Balaban J connectivity index is 1.61. The van der Waals surface area contributed by atoms with Crippen molar-refractivity contribution in [2.45, 2.75) is 68.7 Å². The van der Waals surface area contributed by atoms with Crippen molar-refractivity contribution in [3.05, 3.63) is 0 Å². The largest absolute Gasteiger partial charge is 0.352 e. The molecule has 0 bridgehead atoms. The van der Waals surface area contributed by atoms with Gasteiger partial charge in [0, 0.05) is 12.6 Å². The maximum Gasteiger partial charge on any atom is 0.243 e. The molecule has 2 amide bonds. The smallest absolute Gasteiger partial charge is 0.243 e. The topological polar surface area (TPSA) is 83.6 Å². The Morgan fingerprint density at radius 1 is 1.00 bits per heavy atom. The monoisotopic (exact) mass is 328 g/mol. The van der Waals surface area contributed by atoms with Gasteiger partial charge in [-0.15, -0.1) is 0 Å². The number of sulfone groups is 1. The van der Waals surface area contributed by atoms with E-state index in [1.165, 1.54) is 4.90 Å². The van der Waals surface area contributed by atoms with Gasteiger partial charge in [0.25, 0.3) is 0 Å². The molecular formula is C15H24N2O4S. The van der Waals surface area contributed by atoms with Gasteiger partial charge in [0.1, 0.15) is 11.8 Å². The molecule has 6 nitrogen and oxygen atoms in total. The summed E-state index contributed by atoms with van der Waals surface area (Å²) in [7, 11) is -3.38. The first-order valence-electron chi connectivity index (χ1n) is 8.29. The molecule has 1 N–H and O–H groups in total. The average molecular weight is 328 g/mol. The number of likely N-dealkylation sites (tertiary alicyclic amines) is 1. The SMILES string of the molecule is O=C(NC1CC1)C1CCCN1C(=O)CS(=O)(=O)C1CCCC1. The van der Waals surface area contributed by atoms with Gasteiger partial charge in [-0.1, -0.05) is 12.8 Å². The minimum absolute atomic E-state index is 0.119. The molecule has 3 fully saturated rings. The van der Waals surface area contributed by atoms with Gasteiger partial charge >= 0.3 is 0 Å². The highest BCUT2D eigenvalue weighted by Crippen LogP contribution is 2.27. The van der Waals surface area contributed by atoms with E-state index in [1.807, 2.05) is 0 Å². The third kappa shape index (κ3) is 3.45. The second-order valence-corrected chi connectivity index (χ2v) is 9.02. The number of hydrogen-bond donors (Lipinski definition) is 1. The number of nitrogens with one attached hydrogen (secondary N) is 1. The van der Waals surface area contributed by atoms with E-state index in [0.29, 0.717) is 25.8 Å². The van der Waals surface area contributed by atoms with Gasteiger partial charge in [-0.3, -0.25) is 9.59 Å². The second-order valence-electron chi connectivity index (χ2n) is 6.74. The van der Waals surface area contributed by atoms with E-state index >= 15 is 0 Å². The second kappa shape index (κ2) is 6.18. The maximum absolute atomic E-state index is 12.4. The van der Waals surface area contributed by atoms with Crippen LogP contribution in [-0.2, 0) is 19.4 Å². The summed E-state index contributed by atoms with van der Waals surface area (Å²) in [5.74, 6) is -0.961. The zero-order valence-electron chi connectivity index (χ0n) is 12.8. The van der Waals surface area contributed by atoms with Crippen LogP contribution in [0.5, 0.6) is 0 Å². The van der Waals surface area contributed by atoms with Gasteiger partial charge in [0.05, 0.1) is 5.25 Å². The van der Waals surface area contributed by atoms with Crippen LogP contribution in [0.15, 0.2) is 0 Å². The maximum atomic E-state index is 12.4. The van der Waals surface area contributed by atoms with E-state index in [0.717, 1.165) is 32.1 Å². The Morgan fingerprint density at radius 3 is 2.32 bits per heavy atom. The van der Waals surface area contributed by atoms with Crippen molar-refractivity contribution in [2.24, 2.45) is 0 Å². The van der Waals surface area contributed by atoms with Gasteiger partial charge in [-0.25, -0.2) is 8.42 Å². The summed E-state index contributed by atoms with van der Waals surface area (Å²) in [6, 6.07) is -0.223. The molecule has 0 aromatic rings. The van der Waals surface area contributed by atoms with E-state index in [-0.39, 0.29) is 17.2 Å². The first kappa shape index (κ1) is 15.8. The van der Waals surface area contributed by atoms with E-state index in [9.17, 15) is 18.0 Å². The van der Waals surface area contributed by atoms with Crippen LogP contribution in [-0.4, -0.2) is 54.8 Å². The highest BCUT2D eigenvalue weighted by molar-refractivity contribution is 7.92. The summed E-state index contributed by atoms with van der Waals surface area (Å²) in [6.07, 6.45) is 6.58. The van der Waals surface area contributed by atoms with Crippen molar-refractivity contribution in [1.82, 2.24) is 10.2 Å². The fraction of sp³-hybridized carbons (Fsp3) is 0.867. The Bertz CT molecular complexity index is 550. The first-order chi connectivity index (χ1) is 10.5. The number of carbonyl (C=O) groups is 2. The summed E-state index contributed by atoms with van der Waals surface area (Å²) >= 11 is 0. The van der Waals surface area contributed by atoms with Crippen molar-refractivity contribution >= 4 is 21.7 Å². The van der Waals surface area contributed by atoms with E-state index in [2.05, 4.69) is 5.32 Å². The van der Waals surface area contributed by atoms with Crippen LogP contribution in [0.1, 0.15) is 51.4 Å². The lowest BCUT2D eigenvalue weighted by Crippen LogP contribution is -2.48. The van der Waals surface area contributed by atoms with Crippen molar-refractivity contribution in [2.75, 3.05) is 12.3 Å². The third-order valence-corrected chi connectivity index (χ3v) is 7.07. The van der Waals surface area contributed by atoms with E-state index in [4.69, 9.17) is 0 Å². The van der Waals surface area contributed by atoms with Crippen LogP contribution in [0.2, 0.25) is 0 Å². The summed E-state index contributed by atoms with van der Waals surface area (Å²) in [5, 5.41) is 2.55. The molecule has 2 saturated carbocycles. The minimum atomic E-state index is -3.38. The molecule has 0 radical (unpaired) electrons. The van der Waals surface area contributed by atoms with Crippen molar-refractivity contribution in [3.8, 4) is 0 Å². The van der Waals surface area contributed by atoms with Crippen LogP contribution in [0.25, 0.3) is 0 Å². The normalized spacial score (nSPS) is 26.4. The fourth-order valence-corrected chi connectivity index (χ4v) is 5.28. The van der Waals surface area contributed by atoms with Gasteiger partial charge in [-0.05, 0) is 38.5 Å². The summed E-state index contributed by atoms with van der Waals surface area (Å²) in [4.78, 5) is 26.1. The van der Waals surface area contributed by atoms with Crippen LogP contribution in [0.3, 0.4) is 0 Å². The third-order valence-electron chi connectivity index (χ3n) is 4.93. The van der Waals surface area contributed by atoms with Gasteiger partial charge in [0.15, 0.2) is 9.84 Å². The highest BCUT2D eigenvalue weighted by Gasteiger charge is 2.39. The molecule has 3 rings (SSSR count). The van der Waals surface area contributed by atoms with Crippen LogP contribution < -0.4 is 5.32 Å². The van der Waals surface area contributed by atoms with Crippen molar-refractivity contribution in [3.63, 3.8) is 0 Å². The molecule has 22 heavy (non-hydrogen) atoms. The molecule has 0 aromatic carbocycles. The molecule has 2 aliphatic carbocycles. The first-order valence-corrected chi connectivity index (χ1v) is 10.0. The zero-order chi connectivity index (χ0) is 15.7. The molecule has 7 heteroatoms. The Hall–Kier alpha value is -1.11. The molecule has 3 aliphatic rings. The molecule has 1 atom stereocenters. The summed E-state index contributed by atoms with van der Waals surface area (Å²) in [5.41, 5.74) is 0. The number of hydrogen-bond acceptors (Lipinski definition) is 4. The standard InChI is InChI=1S/C15H24N2O4S/c18-14(10-22(20,21)12-4-1-2-5-12)17-9-3-6-13(17)15(19)16-11-7-8-11/h11-13H,1-10H2,(H,16,19). The van der Waals surface area contributed by atoms with Gasteiger partial charge < -0.3 is 10.2 Å².